The van der Waals surface area contributed by atoms with E-state index in [9.17, 15) is 0 Å². The van der Waals surface area contributed by atoms with Crippen LogP contribution in [0.5, 0.6) is 5.75 Å². The zero-order chi connectivity index (χ0) is 19.8. The van der Waals surface area contributed by atoms with Crippen LogP contribution in [0.25, 0.3) is 27.5 Å². The Hall–Kier alpha value is -3.04. The van der Waals surface area contributed by atoms with Gasteiger partial charge in [0.05, 0.1) is 21.2 Å². The summed E-state index contributed by atoms with van der Waals surface area (Å²) in [7, 11) is 0. The van der Waals surface area contributed by atoms with Crippen molar-refractivity contribution in [3.8, 4) is 11.4 Å². The van der Waals surface area contributed by atoms with Gasteiger partial charge in [-0.25, -0.2) is 0 Å². The molecule has 0 bridgehead atoms. The topological polar surface area (TPSA) is 14.2 Å². The molecule has 0 aliphatic heterocycles. The first kappa shape index (κ1) is 18.0. The lowest BCUT2D eigenvalue weighted by Gasteiger charge is -2.17. The maximum Gasteiger partial charge on any atom is 0.157 e. The van der Waals surface area contributed by atoms with Crippen LogP contribution >= 0.6 is 15.9 Å². The van der Waals surface area contributed by atoms with E-state index in [0.717, 1.165) is 21.5 Å². The lowest BCUT2D eigenvalue weighted by molar-refractivity contribution is 0.303. The normalized spacial score (nSPS) is 11.2. The Labute approximate surface area is 178 Å². The molecule has 0 radical (unpaired) electrons. The summed E-state index contributed by atoms with van der Waals surface area (Å²) in [6.45, 7) is 2.63. The first-order valence-electron chi connectivity index (χ1n) is 9.68. The third-order valence-electron chi connectivity index (χ3n) is 5.22. The summed E-state index contributed by atoms with van der Waals surface area (Å²) in [6, 6.07) is 31.7. The second-order valence-electron chi connectivity index (χ2n) is 7.24. The molecule has 0 N–H and O–H groups in total. The monoisotopic (exact) mass is 441 g/mol. The maximum absolute atomic E-state index is 6.36. The fourth-order valence-corrected chi connectivity index (χ4v) is 4.61. The SMILES string of the molecule is Cc1cc(Br)c(OCc2ccccc2)c(-n2c3ccccc3c3ccccc32)c1. The highest BCUT2D eigenvalue weighted by Crippen LogP contribution is 2.39. The third kappa shape index (κ3) is 3.22. The average Bonchev–Trinajstić information content (AvgIpc) is 3.08. The Bertz CT molecular complexity index is 1270. The van der Waals surface area contributed by atoms with Crippen molar-refractivity contribution < 1.29 is 4.74 Å². The molecule has 0 fully saturated rings. The average molecular weight is 442 g/mol. The molecule has 0 saturated heterocycles. The Balaban J connectivity index is 1.74. The lowest BCUT2D eigenvalue weighted by atomic mass is 10.2. The minimum Gasteiger partial charge on any atom is -0.486 e. The van der Waals surface area contributed by atoms with Gasteiger partial charge in [-0.05, 0) is 58.2 Å². The summed E-state index contributed by atoms with van der Waals surface area (Å²) in [4.78, 5) is 0. The van der Waals surface area contributed by atoms with E-state index >= 15 is 0 Å². The molecule has 142 valence electrons. The van der Waals surface area contributed by atoms with Gasteiger partial charge in [-0.3, -0.25) is 0 Å². The molecule has 1 heterocycles. The minimum atomic E-state index is 0.520. The van der Waals surface area contributed by atoms with Crippen molar-refractivity contribution in [3.05, 3.63) is 107 Å². The maximum atomic E-state index is 6.36. The van der Waals surface area contributed by atoms with Crippen LogP contribution in [0.3, 0.4) is 0 Å². The summed E-state index contributed by atoms with van der Waals surface area (Å²) in [5.41, 5.74) is 5.73. The molecule has 1 aromatic heterocycles. The van der Waals surface area contributed by atoms with Gasteiger partial charge in [0.25, 0.3) is 0 Å². The number of aryl methyl sites for hydroxylation is 1. The lowest BCUT2D eigenvalue weighted by Crippen LogP contribution is -2.03. The van der Waals surface area contributed by atoms with Crippen molar-refractivity contribution in [2.75, 3.05) is 0 Å². The molecule has 0 aliphatic rings. The molecule has 4 aromatic carbocycles. The van der Waals surface area contributed by atoms with Crippen molar-refractivity contribution in [1.29, 1.82) is 0 Å². The summed E-state index contributed by atoms with van der Waals surface area (Å²) in [5.74, 6) is 0.853. The van der Waals surface area contributed by atoms with Crippen LogP contribution in [0.15, 0.2) is 95.5 Å². The molecule has 0 amide bonds. The van der Waals surface area contributed by atoms with E-state index in [4.69, 9.17) is 4.74 Å². The molecule has 29 heavy (non-hydrogen) atoms. The van der Waals surface area contributed by atoms with E-state index in [1.807, 2.05) is 18.2 Å². The van der Waals surface area contributed by atoms with Crippen LogP contribution in [-0.4, -0.2) is 4.57 Å². The van der Waals surface area contributed by atoms with Gasteiger partial charge >= 0.3 is 0 Å². The van der Waals surface area contributed by atoms with Crippen LogP contribution in [0.2, 0.25) is 0 Å². The fourth-order valence-electron chi connectivity index (χ4n) is 3.93. The van der Waals surface area contributed by atoms with E-state index in [0.29, 0.717) is 6.61 Å². The van der Waals surface area contributed by atoms with Crippen molar-refractivity contribution >= 4 is 37.7 Å². The van der Waals surface area contributed by atoms with Gasteiger partial charge in [0.15, 0.2) is 5.75 Å². The predicted octanol–water partition coefficient (Wildman–Crippen LogP) is 7.43. The first-order valence-corrected chi connectivity index (χ1v) is 10.5. The number of rotatable bonds is 4. The number of nitrogens with zero attached hydrogens (tertiary/aromatic N) is 1. The quantitative estimate of drug-likeness (QED) is 0.282. The molecule has 5 aromatic rings. The second kappa shape index (κ2) is 7.41. The van der Waals surface area contributed by atoms with E-state index < -0.39 is 0 Å². The highest BCUT2D eigenvalue weighted by molar-refractivity contribution is 9.10. The smallest absolute Gasteiger partial charge is 0.157 e. The van der Waals surface area contributed by atoms with Crippen molar-refractivity contribution in [2.45, 2.75) is 13.5 Å². The van der Waals surface area contributed by atoms with E-state index in [-0.39, 0.29) is 0 Å². The number of hydrogen-bond donors (Lipinski definition) is 0. The summed E-state index contributed by atoms with van der Waals surface area (Å²) in [5, 5.41) is 2.49. The zero-order valence-electron chi connectivity index (χ0n) is 16.1. The Morgan fingerprint density at radius 1 is 0.759 bits per heavy atom. The number of halogens is 1. The van der Waals surface area contributed by atoms with Gasteiger partial charge in [0.2, 0.25) is 0 Å². The number of benzene rings is 4. The number of fused-ring (bicyclic) bond motifs is 3. The molecule has 5 rings (SSSR count). The standard InChI is InChI=1S/C26H20BrNO/c1-18-15-22(27)26(29-17-19-9-3-2-4-10-19)25(16-18)28-23-13-7-5-11-20(23)21-12-6-8-14-24(21)28/h2-16H,17H2,1H3. The first-order chi connectivity index (χ1) is 14.2. The number of hydrogen-bond acceptors (Lipinski definition) is 1. The van der Waals surface area contributed by atoms with Crippen LogP contribution < -0.4 is 4.74 Å². The van der Waals surface area contributed by atoms with Gasteiger partial charge in [0, 0.05) is 10.8 Å². The second-order valence-corrected chi connectivity index (χ2v) is 8.09. The third-order valence-corrected chi connectivity index (χ3v) is 5.80. The van der Waals surface area contributed by atoms with E-state index in [2.05, 4.69) is 100 Å². The molecule has 2 nitrogen and oxygen atoms in total. The predicted molar refractivity (Wildman–Crippen MR) is 124 cm³/mol. The van der Waals surface area contributed by atoms with Gasteiger partial charge in [-0.15, -0.1) is 0 Å². The molecule has 3 heteroatoms. The van der Waals surface area contributed by atoms with Crippen molar-refractivity contribution in [1.82, 2.24) is 4.57 Å². The molecule has 0 saturated carbocycles. The molecular weight excluding hydrogens is 422 g/mol. The fraction of sp³-hybridized carbons (Fsp3) is 0.0769. The van der Waals surface area contributed by atoms with Crippen LogP contribution in [0, 0.1) is 6.92 Å². The molecule has 0 spiro atoms. The highest BCUT2D eigenvalue weighted by Gasteiger charge is 2.17. The number of ether oxygens (including phenoxy) is 1. The summed E-state index contributed by atoms with van der Waals surface area (Å²) < 4.78 is 9.63. The van der Waals surface area contributed by atoms with Gasteiger partial charge in [-0.2, -0.15) is 0 Å². The summed E-state index contributed by atoms with van der Waals surface area (Å²) >= 11 is 3.75. The largest absolute Gasteiger partial charge is 0.486 e. The van der Waals surface area contributed by atoms with E-state index in [1.54, 1.807) is 0 Å². The Kier molecular flexibility index (Phi) is 4.61. The zero-order valence-corrected chi connectivity index (χ0v) is 17.7. The molecule has 0 aliphatic carbocycles. The number of para-hydroxylation sites is 2. The van der Waals surface area contributed by atoms with E-state index in [1.165, 1.54) is 27.4 Å². The van der Waals surface area contributed by atoms with Gasteiger partial charge < -0.3 is 9.30 Å². The molecular formula is C26H20BrNO. The summed E-state index contributed by atoms with van der Waals surface area (Å²) in [6.07, 6.45) is 0. The van der Waals surface area contributed by atoms with Gasteiger partial charge in [-0.1, -0.05) is 66.7 Å². The van der Waals surface area contributed by atoms with Gasteiger partial charge in [0.1, 0.15) is 6.61 Å². The van der Waals surface area contributed by atoms with Crippen LogP contribution in [-0.2, 0) is 6.61 Å². The minimum absolute atomic E-state index is 0.520. The Morgan fingerprint density at radius 2 is 1.34 bits per heavy atom. The number of aromatic nitrogens is 1. The van der Waals surface area contributed by atoms with Crippen LogP contribution in [0.4, 0.5) is 0 Å². The Morgan fingerprint density at radius 3 is 2.00 bits per heavy atom. The molecule has 0 unspecified atom stereocenters. The highest BCUT2D eigenvalue weighted by atomic mass is 79.9. The van der Waals surface area contributed by atoms with Crippen molar-refractivity contribution in [2.24, 2.45) is 0 Å². The molecule has 0 atom stereocenters. The van der Waals surface area contributed by atoms with Crippen molar-refractivity contribution in [3.63, 3.8) is 0 Å². The van der Waals surface area contributed by atoms with Crippen LogP contribution in [0.1, 0.15) is 11.1 Å².